The van der Waals surface area contributed by atoms with Crippen LogP contribution in [-0.4, -0.2) is 16.0 Å². The lowest BCUT2D eigenvalue weighted by molar-refractivity contribution is 0.253. The van der Waals surface area contributed by atoms with Crippen LogP contribution < -0.4 is 10.6 Å². The number of hydrogen-bond acceptors (Lipinski definition) is 3. The molecule has 0 aliphatic carbocycles. The molecule has 3 rings (SSSR count). The first kappa shape index (κ1) is 16.9. The normalized spacial score (nSPS) is 11.5. The summed E-state index contributed by atoms with van der Waals surface area (Å²) in [6, 6.07) is 13.0. The average Bonchev–Trinajstić information content (AvgIpc) is 2.58. The van der Waals surface area contributed by atoms with Gasteiger partial charge in [-0.3, -0.25) is 14.9 Å². The molecule has 2 heterocycles. The van der Waals surface area contributed by atoms with E-state index in [9.17, 15) is 4.79 Å². The number of benzene rings is 1. The average molecular weight is 334 g/mol. The second kappa shape index (κ2) is 6.51. The van der Waals surface area contributed by atoms with Crippen molar-refractivity contribution in [1.82, 2.24) is 9.97 Å². The number of urea groups is 1. The number of carbonyl (C=O) groups excluding carboxylic acids is 1. The fourth-order valence-electron chi connectivity index (χ4n) is 2.77. The van der Waals surface area contributed by atoms with Crippen molar-refractivity contribution >= 4 is 22.5 Å². The van der Waals surface area contributed by atoms with E-state index in [2.05, 4.69) is 25.8 Å². The first-order valence-electron chi connectivity index (χ1n) is 8.22. The van der Waals surface area contributed by atoms with E-state index < -0.39 is 6.03 Å². The van der Waals surface area contributed by atoms with Gasteiger partial charge in [-0.05, 0) is 24.3 Å². The molecule has 1 aromatic carbocycles. The van der Waals surface area contributed by atoms with E-state index in [0.717, 1.165) is 27.8 Å². The second-order valence-corrected chi connectivity index (χ2v) is 7.06. The summed E-state index contributed by atoms with van der Waals surface area (Å²) in [5.74, 6) is 0. The topological polar surface area (TPSA) is 72.1 Å². The number of fused-ring (bicyclic) bond motifs is 1. The van der Waals surface area contributed by atoms with Gasteiger partial charge in [0.2, 0.25) is 0 Å². The van der Waals surface area contributed by atoms with Gasteiger partial charge in [0.25, 0.3) is 0 Å². The smallest absolute Gasteiger partial charge is 0.319 e. The number of rotatable bonds is 3. The zero-order valence-corrected chi connectivity index (χ0v) is 14.7. The molecule has 2 aromatic heterocycles. The lowest BCUT2D eigenvalue weighted by Gasteiger charge is -2.23. The van der Waals surface area contributed by atoms with Gasteiger partial charge in [0.05, 0.1) is 17.9 Å². The molecule has 5 heteroatoms. The number of carbonyl (C=O) groups is 1. The van der Waals surface area contributed by atoms with Gasteiger partial charge < -0.3 is 5.73 Å². The number of aromatic nitrogens is 2. The molecule has 0 unspecified atom stereocenters. The Morgan fingerprint density at radius 3 is 2.60 bits per heavy atom. The van der Waals surface area contributed by atoms with E-state index in [0.29, 0.717) is 6.54 Å². The Morgan fingerprint density at radius 1 is 1.12 bits per heavy atom. The van der Waals surface area contributed by atoms with Crippen molar-refractivity contribution in [3.8, 4) is 0 Å². The Kier molecular flexibility index (Phi) is 4.40. The first-order valence-corrected chi connectivity index (χ1v) is 8.22. The second-order valence-electron chi connectivity index (χ2n) is 7.06. The Balaban J connectivity index is 2.02. The number of pyridine rings is 2. The molecule has 0 bridgehead atoms. The summed E-state index contributed by atoms with van der Waals surface area (Å²) in [7, 11) is 0. The summed E-state index contributed by atoms with van der Waals surface area (Å²) >= 11 is 0. The molecule has 0 saturated heterocycles. The molecule has 0 radical (unpaired) electrons. The zero-order valence-electron chi connectivity index (χ0n) is 14.7. The lowest BCUT2D eigenvalue weighted by Crippen LogP contribution is -2.35. The molecule has 0 saturated carbocycles. The highest BCUT2D eigenvalue weighted by Crippen LogP contribution is 2.27. The third kappa shape index (κ3) is 3.60. The van der Waals surface area contributed by atoms with E-state index in [1.54, 1.807) is 17.3 Å². The predicted octanol–water partition coefficient (Wildman–Crippen LogP) is 4.01. The maximum Gasteiger partial charge on any atom is 0.319 e. The summed E-state index contributed by atoms with van der Waals surface area (Å²) in [6.45, 7) is 6.66. The van der Waals surface area contributed by atoms with Crippen LogP contribution in [0.25, 0.3) is 10.8 Å². The van der Waals surface area contributed by atoms with Crippen LogP contribution >= 0.6 is 0 Å². The van der Waals surface area contributed by atoms with Gasteiger partial charge >= 0.3 is 6.03 Å². The Bertz CT molecular complexity index is 909. The van der Waals surface area contributed by atoms with Crippen LogP contribution in [0.1, 0.15) is 32.2 Å². The van der Waals surface area contributed by atoms with Crippen molar-refractivity contribution in [3.05, 3.63) is 66.2 Å². The highest BCUT2D eigenvalue weighted by Gasteiger charge is 2.19. The fourth-order valence-corrected chi connectivity index (χ4v) is 2.77. The molecule has 0 aliphatic rings. The fraction of sp³-hybridized carbons (Fsp3) is 0.250. The van der Waals surface area contributed by atoms with Gasteiger partial charge in [0, 0.05) is 34.3 Å². The summed E-state index contributed by atoms with van der Waals surface area (Å²) in [5.41, 5.74) is 8.16. The molecular weight excluding hydrogens is 312 g/mol. The number of anilines is 1. The van der Waals surface area contributed by atoms with E-state index >= 15 is 0 Å². The van der Waals surface area contributed by atoms with Gasteiger partial charge in [-0.15, -0.1) is 0 Å². The molecule has 5 nitrogen and oxygen atoms in total. The lowest BCUT2D eigenvalue weighted by atomic mass is 9.91. The number of hydrogen-bond donors (Lipinski definition) is 1. The Labute approximate surface area is 147 Å². The molecule has 0 spiro atoms. The van der Waals surface area contributed by atoms with Crippen molar-refractivity contribution < 1.29 is 4.79 Å². The number of amides is 2. The highest BCUT2D eigenvalue weighted by molar-refractivity contribution is 6.02. The minimum Gasteiger partial charge on any atom is -0.351 e. The zero-order chi connectivity index (χ0) is 18.0. The molecule has 25 heavy (non-hydrogen) atoms. The quantitative estimate of drug-likeness (QED) is 0.786. The molecule has 128 valence electrons. The molecule has 0 fully saturated rings. The van der Waals surface area contributed by atoms with Crippen LogP contribution in [0.2, 0.25) is 0 Å². The largest absolute Gasteiger partial charge is 0.351 e. The van der Waals surface area contributed by atoms with E-state index in [4.69, 9.17) is 10.7 Å². The van der Waals surface area contributed by atoms with Crippen LogP contribution in [0, 0.1) is 0 Å². The summed E-state index contributed by atoms with van der Waals surface area (Å²) in [5, 5.41) is 1.89. The minimum atomic E-state index is -0.507. The predicted molar refractivity (Wildman–Crippen MR) is 100 cm³/mol. The molecular formula is C20H22N4O. The van der Waals surface area contributed by atoms with Gasteiger partial charge in [-0.2, -0.15) is 0 Å². The van der Waals surface area contributed by atoms with Crippen LogP contribution in [0.3, 0.4) is 0 Å². The molecule has 2 N–H and O–H groups in total. The van der Waals surface area contributed by atoms with Gasteiger partial charge in [-0.1, -0.05) is 39.0 Å². The van der Waals surface area contributed by atoms with Crippen LogP contribution in [0.15, 0.2) is 54.9 Å². The Morgan fingerprint density at radius 2 is 1.88 bits per heavy atom. The monoisotopic (exact) mass is 334 g/mol. The van der Waals surface area contributed by atoms with Crippen molar-refractivity contribution in [2.45, 2.75) is 32.7 Å². The van der Waals surface area contributed by atoms with E-state index in [-0.39, 0.29) is 5.41 Å². The standard InChI is InChI=1S/C20H22N4O/c1-20(2,3)18-9-5-7-15(23-18)13-24(19(21)25)17-8-4-6-14-12-22-11-10-16(14)17/h4-12H,13H2,1-3H3,(H2,21,25). The van der Waals surface area contributed by atoms with Crippen LogP contribution in [0.5, 0.6) is 0 Å². The van der Waals surface area contributed by atoms with Crippen molar-refractivity contribution in [1.29, 1.82) is 0 Å². The maximum absolute atomic E-state index is 12.1. The van der Waals surface area contributed by atoms with Crippen molar-refractivity contribution in [2.24, 2.45) is 5.73 Å². The van der Waals surface area contributed by atoms with E-state index in [1.165, 1.54) is 0 Å². The summed E-state index contributed by atoms with van der Waals surface area (Å²) in [4.78, 5) is 22.5. The summed E-state index contributed by atoms with van der Waals surface area (Å²) in [6.07, 6.45) is 3.49. The highest BCUT2D eigenvalue weighted by atomic mass is 16.2. The third-order valence-electron chi connectivity index (χ3n) is 4.11. The molecule has 3 aromatic rings. The first-order chi connectivity index (χ1) is 11.9. The van der Waals surface area contributed by atoms with Gasteiger partial charge in [0.15, 0.2) is 0 Å². The van der Waals surface area contributed by atoms with Crippen LogP contribution in [-0.2, 0) is 12.0 Å². The molecule has 2 amide bonds. The summed E-state index contributed by atoms with van der Waals surface area (Å²) < 4.78 is 0. The number of primary amides is 1. The van der Waals surface area contributed by atoms with Crippen LogP contribution in [0.4, 0.5) is 10.5 Å². The van der Waals surface area contributed by atoms with E-state index in [1.807, 2.05) is 42.5 Å². The van der Waals surface area contributed by atoms with Gasteiger partial charge in [0.1, 0.15) is 0 Å². The number of nitrogens with zero attached hydrogens (tertiary/aromatic N) is 3. The van der Waals surface area contributed by atoms with Crippen molar-refractivity contribution in [2.75, 3.05) is 4.90 Å². The Hall–Kier alpha value is -2.95. The number of nitrogens with two attached hydrogens (primary N) is 1. The third-order valence-corrected chi connectivity index (χ3v) is 4.11. The minimum absolute atomic E-state index is 0.0569. The maximum atomic E-state index is 12.1. The van der Waals surface area contributed by atoms with Gasteiger partial charge in [-0.25, -0.2) is 4.79 Å². The molecule has 0 aliphatic heterocycles. The molecule has 0 atom stereocenters. The van der Waals surface area contributed by atoms with Crippen molar-refractivity contribution in [3.63, 3.8) is 0 Å². The SMILES string of the molecule is CC(C)(C)c1cccc(CN(C(N)=O)c2cccc3cnccc23)n1.